The number of aryl methyl sites for hydroxylation is 1. The minimum Gasteiger partial charge on any atom is -0.410 e. The van der Waals surface area contributed by atoms with Gasteiger partial charge in [0.05, 0.1) is 5.52 Å². The molecule has 2 aliphatic heterocycles. The first-order chi connectivity index (χ1) is 20.9. The van der Waals surface area contributed by atoms with Gasteiger partial charge in [0.25, 0.3) is 0 Å². The average Bonchev–Trinajstić information content (AvgIpc) is 3.56. The third-order valence-electron chi connectivity index (χ3n) is 9.08. The number of nitrogens with one attached hydrogen (secondary N) is 2. The lowest BCUT2D eigenvalue weighted by atomic mass is 9.92. The molecule has 226 valence electrons. The molecule has 3 amide bonds. The minimum absolute atomic E-state index is 0.0200. The zero-order chi connectivity index (χ0) is 29.9. The normalized spacial score (nSPS) is 18.7. The third-order valence-corrected chi connectivity index (χ3v) is 9.08. The van der Waals surface area contributed by atoms with Crippen LogP contribution in [0.4, 0.5) is 16.2 Å². The summed E-state index contributed by atoms with van der Waals surface area (Å²) in [6, 6.07) is 13.8. The van der Waals surface area contributed by atoms with Crippen LogP contribution in [0.1, 0.15) is 81.5 Å². The monoisotopic (exact) mass is 583 g/mol. The summed E-state index contributed by atoms with van der Waals surface area (Å²) in [7, 11) is 0. The number of carbonyl (C=O) groups excluding carboxylic acids is 3. The van der Waals surface area contributed by atoms with E-state index in [-0.39, 0.29) is 23.9 Å². The van der Waals surface area contributed by atoms with E-state index < -0.39 is 6.09 Å². The number of hydrogen-bond acceptors (Lipinski definition) is 6. The first-order valence-electron chi connectivity index (χ1n) is 15.7. The second-order valence-electron chi connectivity index (χ2n) is 11.9. The summed E-state index contributed by atoms with van der Waals surface area (Å²) in [6.45, 7) is 5.14. The summed E-state index contributed by atoms with van der Waals surface area (Å²) >= 11 is 0. The van der Waals surface area contributed by atoms with Crippen molar-refractivity contribution in [2.75, 3.05) is 29.9 Å². The van der Waals surface area contributed by atoms with Gasteiger partial charge in [-0.1, -0.05) is 31.0 Å². The van der Waals surface area contributed by atoms with Crippen molar-refractivity contribution in [2.45, 2.75) is 83.7 Å². The second-order valence-corrected chi connectivity index (χ2v) is 11.9. The van der Waals surface area contributed by atoms with Gasteiger partial charge in [0.15, 0.2) is 0 Å². The molecule has 9 nitrogen and oxygen atoms in total. The summed E-state index contributed by atoms with van der Waals surface area (Å²) in [6.07, 6.45) is 8.62. The van der Waals surface area contributed by atoms with Crippen LogP contribution in [0.2, 0.25) is 0 Å². The number of likely N-dealkylation sites (tertiary alicyclic amines) is 1. The van der Waals surface area contributed by atoms with Crippen LogP contribution < -0.4 is 20.3 Å². The SMILES string of the molecule is CC(=O)N1CCC2c3cc(OC(=O)NCCCCCCNc4c5c(nc6ccccc46)CCCC5)ccc3N(C(C)=O)C21. The fourth-order valence-corrected chi connectivity index (χ4v) is 7.09. The van der Waals surface area contributed by atoms with Gasteiger partial charge in [-0.2, -0.15) is 0 Å². The molecule has 2 aromatic carbocycles. The van der Waals surface area contributed by atoms with Gasteiger partial charge < -0.3 is 20.3 Å². The maximum absolute atomic E-state index is 12.5. The first kappa shape index (κ1) is 29.0. The van der Waals surface area contributed by atoms with Gasteiger partial charge in [0.1, 0.15) is 11.9 Å². The Hall–Kier alpha value is -4.14. The molecule has 1 saturated heterocycles. The number of benzene rings is 2. The Kier molecular flexibility index (Phi) is 8.49. The van der Waals surface area contributed by atoms with Crippen LogP contribution in [0.15, 0.2) is 42.5 Å². The molecule has 3 aromatic rings. The molecular formula is C34H41N5O4. The van der Waals surface area contributed by atoms with E-state index in [4.69, 9.17) is 9.72 Å². The summed E-state index contributed by atoms with van der Waals surface area (Å²) in [5, 5.41) is 7.81. The molecule has 1 fully saturated rings. The van der Waals surface area contributed by atoms with Crippen LogP contribution in [-0.4, -0.2) is 53.6 Å². The van der Waals surface area contributed by atoms with Gasteiger partial charge >= 0.3 is 6.09 Å². The highest BCUT2D eigenvalue weighted by atomic mass is 16.6. The summed E-state index contributed by atoms with van der Waals surface area (Å²) < 4.78 is 5.58. The van der Waals surface area contributed by atoms with Crippen LogP contribution in [0.25, 0.3) is 10.9 Å². The third kappa shape index (κ3) is 5.90. The van der Waals surface area contributed by atoms with Gasteiger partial charge in [-0.25, -0.2) is 4.79 Å². The predicted molar refractivity (Wildman–Crippen MR) is 168 cm³/mol. The lowest BCUT2D eigenvalue weighted by molar-refractivity contribution is -0.130. The number of nitrogens with zero attached hydrogens (tertiary/aromatic N) is 3. The number of hydrogen-bond donors (Lipinski definition) is 2. The van der Waals surface area contributed by atoms with Crippen molar-refractivity contribution in [1.82, 2.24) is 15.2 Å². The fourth-order valence-electron chi connectivity index (χ4n) is 7.09. The molecule has 9 heteroatoms. The Morgan fingerprint density at radius 3 is 2.56 bits per heavy atom. The van der Waals surface area contributed by atoms with Crippen molar-refractivity contribution in [3.05, 3.63) is 59.3 Å². The number of carbonyl (C=O) groups is 3. The standard InChI is InChI=1S/C34H41N5O4/c1-22(40)38-20-17-25-28-21-24(15-16-31(28)39(23(2)41)33(25)38)43-34(42)36-19-10-4-3-9-18-35-32-26-11-5-7-13-29(26)37-30-14-8-6-12-27(30)32/h5,7,11,13,15-16,21,25,33H,3-4,6,8-10,12,14,17-20H2,1-2H3,(H,35,37)(H,36,42). The molecule has 2 N–H and O–H groups in total. The molecule has 0 spiro atoms. The number of amides is 3. The largest absolute Gasteiger partial charge is 0.412 e. The van der Waals surface area contributed by atoms with Crippen molar-refractivity contribution < 1.29 is 19.1 Å². The average molecular weight is 584 g/mol. The van der Waals surface area contributed by atoms with Crippen LogP contribution in [0, 0.1) is 0 Å². The summed E-state index contributed by atoms with van der Waals surface area (Å²) in [5.41, 5.74) is 6.73. The zero-order valence-electron chi connectivity index (χ0n) is 25.2. The summed E-state index contributed by atoms with van der Waals surface area (Å²) in [4.78, 5) is 45.5. The highest BCUT2D eigenvalue weighted by Crippen LogP contribution is 2.48. The Morgan fingerprint density at radius 2 is 1.74 bits per heavy atom. The van der Waals surface area contributed by atoms with Gasteiger partial charge in [0, 0.05) is 61.9 Å². The van der Waals surface area contributed by atoms with E-state index in [1.54, 1.807) is 15.9 Å². The molecule has 3 aliphatic rings. The van der Waals surface area contributed by atoms with E-state index in [1.165, 1.54) is 49.0 Å². The van der Waals surface area contributed by atoms with E-state index >= 15 is 0 Å². The number of fused-ring (bicyclic) bond motifs is 5. The van der Waals surface area contributed by atoms with Crippen LogP contribution in [-0.2, 0) is 22.4 Å². The van der Waals surface area contributed by atoms with E-state index in [1.807, 2.05) is 12.1 Å². The molecule has 1 aliphatic carbocycles. The Labute approximate surface area is 253 Å². The predicted octanol–water partition coefficient (Wildman–Crippen LogP) is 5.90. The van der Waals surface area contributed by atoms with E-state index in [0.717, 1.165) is 68.3 Å². The van der Waals surface area contributed by atoms with Crippen LogP contribution in [0.5, 0.6) is 5.75 Å². The maximum Gasteiger partial charge on any atom is 0.412 e. The number of ether oxygens (including phenoxy) is 1. The van der Waals surface area contributed by atoms with Crippen LogP contribution >= 0.6 is 0 Å². The van der Waals surface area contributed by atoms with Gasteiger partial charge in [-0.05, 0) is 80.3 Å². The lowest BCUT2D eigenvalue weighted by Crippen LogP contribution is -2.48. The van der Waals surface area contributed by atoms with E-state index in [9.17, 15) is 14.4 Å². The van der Waals surface area contributed by atoms with Crippen molar-refractivity contribution in [3.8, 4) is 5.75 Å². The molecule has 3 heterocycles. The van der Waals surface area contributed by atoms with Crippen molar-refractivity contribution in [1.29, 1.82) is 0 Å². The number of para-hydroxylation sites is 1. The summed E-state index contributed by atoms with van der Waals surface area (Å²) in [5.74, 6) is 0.318. The second kappa shape index (κ2) is 12.6. The van der Waals surface area contributed by atoms with E-state index in [2.05, 4.69) is 34.9 Å². The number of aromatic nitrogens is 1. The Balaban J connectivity index is 0.944. The number of rotatable bonds is 9. The quantitative estimate of drug-likeness (QED) is 0.304. The topological polar surface area (TPSA) is 104 Å². The first-order valence-corrected chi connectivity index (χ1v) is 15.7. The zero-order valence-corrected chi connectivity index (χ0v) is 25.2. The highest BCUT2D eigenvalue weighted by Gasteiger charge is 2.48. The fraction of sp³-hybridized carbons (Fsp3) is 0.471. The van der Waals surface area contributed by atoms with Gasteiger partial charge in [-0.15, -0.1) is 0 Å². The van der Waals surface area contributed by atoms with Gasteiger partial charge in [-0.3, -0.25) is 19.5 Å². The molecule has 0 saturated carbocycles. The molecule has 2 unspecified atom stereocenters. The Morgan fingerprint density at radius 1 is 0.953 bits per heavy atom. The Bertz CT molecular complexity index is 1540. The van der Waals surface area contributed by atoms with Crippen molar-refractivity contribution in [3.63, 3.8) is 0 Å². The molecule has 43 heavy (non-hydrogen) atoms. The molecule has 0 radical (unpaired) electrons. The molecular weight excluding hydrogens is 542 g/mol. The number of anilines is 2. The molecule has 0 bridgehead atoms. The maximum atomic E-state index is 12.5. The van der Waals surface area contributed by atoms with Crippen molar-refractivity contribution >= 4 is 40.2 Å². The van der Waals surface area contributed by atoms with E-state index in [0.29, 0.717) is 18.8 Å². The highest BCUT2D eigenvalue weighted by molar-refractivity contribution is 5.96. The number of pyridine rings is 1. The molecule has 2 atom stereocenters. The smallest absolute Gasteiger partial charge is 0.410 e. The minimum atomic E-state index is -0.481. The van der Waals surface area contributed by atoms with Crippen LogP contribution in [0.3, 0.4) is 0 Å². The molecule has 1 aromatic heterocycles. The van der Waals surface area contributed by atoms with Gasteiger partial charge in [0.2, 0.25) is 11.8 Å². The van der Waals surface area contributed by atoms with Crippen molar-refractivity contribution in [2.24, 2.45) is 0 Å². The number of unbranched alkanes of at least 4 members (excludes halogenated alkanes) is 3. The lowest BCUT2D eigenvalue weighted by Gasteiger charge is -2.31. The molecule has 6 rings (SSSR count).